The van der Waals surface area contributed by atoms with Crippen LogP contribution in [0.3, 0.4) is 0 Å². The number of para-hydroxylation sites is 1. The largest absolute Gasteiger partial charge is 0.496 e. The molecule has 0 atom stereocenters. The summed E-state index contributed by atoms with van der Waals surface area (Å²) in [6.07, 6.45) is 1.66. The minimum Gasteiger partial charge on any atom is -0.496 e. The fraction of sp³-hybridized carbons (Fsp3) is 0.286. The lowest BCUT2D eigenvalue weighted by atomic mass is 10.1. The summed E-state index contributed by atoms with van der Waals surface area (Å²) < 4.78 is 6.11. The van der Waals surface area contributed by atoms with Crippen molar-refractivity contribution in [1.82, 2.24) is 15.5 Å². The number of benzene rings is 2. The molecule has 1 amide bonds. The molecule has 1 aromatic heterocycles. The second kappa shape index (κ2) is 11.4. The summed E-state index contributed by atoms with van der Waals surface area (Å²) in [7, 11) is 1.65. The van der Waals surface area contributed by atoms with E-state index in [0.29, 0.717) is 12.3 Å². The molecule has 0 aliphatic heterocycles. The minimum absolute atomic E-state index is 0.0151. The van der Waals surface area contributed by atoms with E-state index in [4.69, 9.17) is 4.74 Å². The third-order valence-corrected chi connectivity index (χ3v) is 6.19. The molecular formula is C21H24N4O2S2. The van der Waals surface area contributed by atoms with Gasteiger partial charge in [-0.25, -0.2) is 0 Å². The number of nitrogens with one attached hydrogen (secondary N) is 2. The number of hydrogen-bond acceptors (Lipinski definition) is 7. The average Bonchev–Trinajstić information content (AvgIpc) is 3.21. The fourth-order valence-electron chi connectivity index (χ4n) is 2.72. The third kappa shape index (κ3) is 7.07. The van der Waals surface area contributed by atoms with Crippen molar-refractivity contribution in [2.45, 2.75) is 17.2 Å². The lowest BCUT2D eigenvalue weighted by Crippen LogP contribution is -2.27. The van der Waals surface area contributed by atoms with E-state index in [1.807, 2.05) is 42.5 Å². The molecule has 0 fully saturated rings. The van der Waals surface area contributed by atoms with E-state index in [9.17, 15) is 4.79 Å². The average molecular weight is 429 g/mol. The van der Waals surface area contributed by atoms with Crippen LogP contribution < -0.4 is 15.4 Å². The maximum Gasteiger partial charge on any atom is 0.230 e. The van der Waals surface area contributed by atoms with Crippen molar-refractivity contribution in [3.8, 4) is 5.75 Å². The molecule has 3 rings (SSSR count). The number of carbonyl (C=O) groups is 1. The molecule has 1 heterocycles. The molecule has 152 valence electrons. The van der Waals surface area contributed by atoms with Gasteiger partial charge in [0.25, 0.3) is 0 Å². The Morgan fingerprint density at radius 3 is 2.66 bits per heavy atom. The summed E-state index contributed by atoms with van der Waals surface area (Å²) >= 11 is 2.87. The van der Waals surface area contributed by atoms with Crippen molar-refractivity contribution < 1.29 is 9.53 Å². The predicted molar refractivity (Wildman–Crippen MR) is 119 cm³/mol. The number of anilines is 1. The molecule has 8 heteroatoms. The van der Waals surface area contributed by atoms with E-state index in [1.54, 1.807) is 7.11 Å². The molecule has 0 saturated heterocycles. The van der Waals surface area contributed by atoms with Crippen molar-refractivity contribution >= 4 is 34.1 Å². The Balaban J connectivity index is 1.34. The summed E-state index contributed by atoms with van der Waals surface area (Å²) in [5, 5.41) is 15.3. The van der Waals surface area contributed by atoms with E-state index >= 15 is 0 Å². The van der Waals surface area contributed by atoms with E-state index in [2.05, 4.69) is 33.0 Å². The summed E-state index contributed by atoms with van der Waals surface area (Å²) in [5.74, 6) is 1.15. The van der Waals surface area contributed by atoms with Crippen LogP contribution in [0.1, 0.15) is 11.1 Å². The second-order valence-electron chi connectivity index (χ2n) is 6.24. The molecule has 0 saturated carbocycles. The van der Waals surface area contributed by atoms with Crippen molar-refractivity contribution in [1.29, 1.82) is 0 Å². The Morgan fingerprint density at radius 2 is 1.83 bits per heavy atom. The van der Waals surface area contributed by atoms with Gasteiger partial charge >= 0.3 is 0 Å². The van der Waals surface area contributed by atoms with Crippen LogP contribution in [0.25, 0.3) is 0 Å². The maximum atomic E-state index is 12.1. The van der Waals surface area contributed by atoms with Gasteiger partial charge in [-0.1, -0.05) is 71.6 Å². The number of amides is 1. The van der Waals surface area contributed by atoms with E-state index in [-0.39, 0.29) is 5.91 Å². The quantitative estimate of drug-likeness (QED) is 0.454. The van der Waals surface area contributed by atoms with Crippen LogP contribution in [-0.4, -0.2) is 42.1 Å². The Bertz CT molecular complexity index is 902. The van der Waals surface area contributed by atoms with Crippen LogP contribution >= 0.6 is 23.1 Å². The van der Waals surface area contributed by atoms with E-state index < -0.39 is 0 Å². The van der Waals surface area contributed by atoms with Gasteiger partial charge in [-0.2, -0.15) is 0 Å². The molecule has 2 N–H and O–H groups in total. The zero-order valence-corrected chi connectivity index (χ0v) is 17.9. The van der Waals surface area contributed by atoms with Gasteiger partial charge in [-0.05, 0) is 30.0 Å². The number of carbonyl (C=O) groups excluding carboxylic acids is 1. The maximum absolute atomic E-state index is 12.1. The highest BCUT2D eigenvalue weighted by molar-refractivity contribution is 8.01. The molecule has 0 aliphatic carbocycles. The molecule has 0 bridgehead atoms. The SMILES string of the molecule is COc1ccccc1CCNC(=O)CSc1nnc(NCCc2ccccc2)s1. The zero-order valence-electron chi connectivity index (χ0n) is 16.3. The summed E-state index contributed by atoms with van der Waals surface area (Å²) in [5.41, 5.74) is 2.36. The monoisotopic (exact) mass is 428 g/mol. The van der Waals surface area contributed by atoms with Crippen LogP contribution in [0.15, 0.2) is 58.9 Å². The molecule has 2 aromatic carbocycles. The molecule has 6 nitrogen and oxygen atoms in total. The normalized spacial score (nSPS) is 10.5. The summed E-state index contributed by atoms with van der Waals surface area (Å²) in [6, 6.07) is 18.1. The molecule has 29 heavy (non-hydrogen) atoms. The molecule has 0 radical (unpaired) electrons. The van der Waals surface area contributed by atoms with E-state index in [1.165, 1.54) is 28.7 Å². The van der Waals surface area contributed by atoms with Gasteiger partial charge in [0, 0.05) is 13.1 Å². The lowest BCUT2D eigenvalue weighted by Gasteiger charge is -2.08. The Morgan fingerprint density at radius 1 is 1.03 bits per heavy atom. The van der Waals surface area contributed by atoms with Crippen LogP contribution in [0.4, 0.5) is 5.13 Å². The first-order chi connectivity index (χ1) is 14.2. The van der Waals surface area contributed by atoms with Crippen LogP contribution in [0.2, 0.25) is 0 Å². The number of methoxy groups -OCH3 is 1. The topological polar surface area (TPSA) is 76.1 Å². The highest BCUT2D eigenvalue weighted by Crippen LogP contribution is 2.25. The standard InChI is InChI=1S/C21H24N4O2S2/c1-27-18-10-6-5-9-17(18)12-14-22-19(26)15-28-21-25-24-20(29-21)23-13-11-16-7-3-2-4-8-16/h2-10H,11-15H2,1H3,(H,22,26)(H,23,24). The van der Waals surface area contributed by atoms with Gasteiger partial charge in [0.1, 0.15) is 5.75 Å². The Labute approximate surface area is 179 Å². The first-order valence-electron chi connectivity index (χ1n) is 9.37. The first kappa shape index (κ1) is 21.1. The smallest absolute Gasteiger partial charge is 0.230 e. The van der Waals surface area contributed by atoms with Gasteiger partial charge in [0.2, 0.25) is 11.0 Å². The van der Waals surface area contributed by atoms with Gasteiger partial charge in [-0.15, -0.1) is 10.2 Å². The van der Waals surface area contributed by atoms with Crippen molar-refractivity contribution in [2.24, 2.45) is 0 Å². The molecule has 3 aromatic rings. The van der Waals surface area contributed by atoms with Crippen molar-refractivity contribution in [2.75, 3.05) is 31.3 Å². The summed E-state index contributed by atoms with van der Waals surface area (Å²) in [6.45, 7) is 1.37. The highest BCUT2D eigenvalue weighted by Gasteiger charge is 2.08. The van der Waals surface area contributed by atoms with Crippen LogP contribution in [0.5, 0.6) is 5.75 Å². The molecule has 0 spiro atoms. The van der Waals surface area contributed by atoms with Gasteiger partial charge in [0.15, 0.2) is 4.34 Å². The number of thioether (sulfide) groups is 1. The van der Waals surface area contributed by atoms with Gasteiger partial charge in [0.05, 0.1) is 12.9 Å². The Hall–Kier alpha value is -2.58. The third-order valence-electron chi connectivity index (χ3n) is 4.17. The van der Waals surface area contributed by atoms with Crippen molar-refractivity contribution in [3.05, 3.63) is 65.7 Å². The lowest BCUT2D eigenvalue weighted by molar-refractivity contribution is -0.118. The van der Waals surface area contributed by atoms with Gasteiger partial charge in [-0.3, -0.25) is 4.79 Å². The minimum atomic E-state index is -0.0151. The number of hydrogen-bond donors (Lipinski definition) is 2. The fourth-order valence-corrected chi connectivity index (χ4v) is 4.33. The van der Waals surface area contributed by atoms with Gasteiger partial charge < -0.3 is 15.4 Å². The number of rotatable bonds is 11. The van der Waals surface area contributed by atoms with E-state index in [0.717, 1.165) is 40.2 Å². The number of nitrogens with zero attached hydrogens (tertiary/aromatic N) is 2. The van der Waals surface area contributed by atoms with Crippen molar-refractivity contribution in [3.63, 3.8) is 0 Å². The van der Waals surface area contributed by atoms with Crippen LogP contribution in [0, 0.1) is 0 Å². The first-order valence-corrected chi connectivity index (χ1v) is 11.2. The highest BCUT2D eigenvalue weighted by atomic mass is 32.2. The zero-order chi connectivity index (χ0) is 20.3. The summed E-state index contributed by atoms with van der Waals surface area (Å²) in [4.78, 5) is 12.1. The Kier molecular flexibility index (Phi) is 8.33. The molecular weight excluding hydrogens is 404 g/mol. The second-order valence-corrected chi connectivity index (χ2v) is 8.44. The molecule has 0 unspecified atom stereocenters. The number of aromatic nitrogens is 2. The van der Waals surface area contributed by atoms with Crippen LogP contribution in [-0.2, 0) is 17.6 Å². The predicted octanol–water partition coefficient (Wildman–Crippen LogP) is 3.65. The molecule has 0 aliphatic rings. The number of ether oxygens (including phenoxy) is 1.